The van der Waals surface area contributed by atoms with Gasteiger partial charge in [-0.15, -0.1) is 0 Å². The molecular formula is C18H30F2N2O6. The third-order valence-electron chi connectivity index (χ3n) is 5.14. The third kappa shape index (κ3) is 4.90. The monoisotopic (exact) mass is 408 g/mol. The van der Waals surface area contributed by atoms with Crippen LogP contribution in [0.3, 0.4) is 0 Å². The molecule has 162 valence electrons. The molecule has 2 rings (SSSR count). The summed E-state index contributed by atoms with van der Waals surface area (Å²) in [5.41, 5.74) is -2.32. The molecule has 0 saturated carbocycles. The molecule has 2 aliphatic rings. The zero-order chi connectivity index (χ0) is 21.3. The lowest BCUT2D eigenvalue weighted by Gasteiger charge is -2.31. The Morgan fingerprint density at radius 1 is 1.25 bits per heavy atom. The van der Waals surface area contributed by atoms with Crippen molar-refractivity contribution >= 4 is 12.1 Å². The van der Waals surface area contributed by atoms with Crippen molar-refractivity contribution in [1.82, 2.24) is 9.80 Å². The summed E-state index contributed by atoms with van der Waals surface area (Å²) in [6.07, 6.45) is -0.361. The van der Waals surface area contributed by atoms with Crippen LogP contribution in [0.4, 0.5) is 13.6 Å². The number of rotatable bonds is 7. The Kier molecular flexibility index (Phi) is 6.57. The van der Waals surface area contributed by atoms with E-state index in [0.29, 0.717) is 13.0 Å². The van der Waals surface area contributed by atoms with E-state index in [1.54, 1.807) is 25.7 Å². The molecule has 2 fully saturated rings. The number of ether oxygens (including phenoxy) is 3. The first-order chi connectivity index (χ1) is 12.8. The Hall–Kier alpha value is -1.52. The highest BCUT2D eigenvalue weighted by atomic mass is 19.3. The number of fused-ring (bicyclic) bond motifs is 1. The second kappa shape index (κ2) is 8.08. The molecular weight excluding hydrogens is 378 g/mol. The Morgan fingerprint density at radius 2 is 1.89 bits per heavy atom. The van der Waals surface area contributed by atoms with Crippen molar-refractivity contribution in [2.75, 3.05) is 33.5 Å². The number of carbonyl (C=O) groups is 2. The van der Waals surface area contributed by atoms with Crippen molar-refractivity contribution in [3.63, 3.8) is 0 Å². The van der Waals surface area contributed by atoms with Gasteiger partial charge in [-0.3, -0.25) is 9.80 Å². The molecule has 1 amide bonds. The largest absolute Gasteiger partial charge is 0.479 e. The number of carboxylic acids is 1. The van der Waals surface area contributed by atoms with E-state index in [4.69, 9.17) is 14.2 Å². The first-order valence-corrected chi connectivity index (χ1v) is 9.28. The van der Waals surface area contributed by atoms with Crippen LogP contribution in [-0.4, -0.2) is 89.7 Å². The number of nitrogens with zero attached hydrogens (tertiary/aromatic N) is 2. The van der Waals surface area contributed by atoms with Crippen molar-refractivity contribution in [2.45, 2.75) is 69.7 Å². The number of halogens is 2. The zero-order valence-corrected chi connectivity index (χ0v) is 17.0. The number of carbonyl (C=O) groups excluding carboxylic acids is 1. The van der Waals surface area contributed by atoms with E-state index in [9.17, 15) is 23.5 Å². The number of likely N-dealkylation sites (tertiary alicyclic amines) is 2. The molecule has 1 N–H and O–H groups in total. The SMILES string of the molecule is COCOC(C)(CCN1CC[C@H]2[C@@H]1C(F)(F)CN2C(=O)OC(C)(C)C)C(=O)O. The van der Waals surface area contributed by atoms with Crippen molar-refractivity contribution in [3.8, 4) is 0 Å². The number of hydrogen-bond donors (Lipinski definition) is 1. The van der Waals surface area contributed by atoms with E-state index in [1.165, 1.54) is 14.0 Å². The molecule has 28 heavy (non-hydrogen) atoms. The predicted molar refractivity (Wildman–Crippen MR) is 95.3 cm³/mol. The fourth-order valence-electron chi connectivity index (χ4n) is 3.71. The van der Waals surface area contributed by atoms with E-state index in [0.717, 1.165) is 4.90 Å². The van der Waals surface area contributed by atoms with Gasteiger partial charge in [0.05, 0.1) is 18.6 Å². The highest BCUT2D eigenvalue weighted by Crippen LogP contribution is 2.42. The summed E-state index contributed by atoms with van der Waals surface area (Å²) in [7, 11) is 1.37. The van der Waals surface area contributed by atoms with E-state index in [-0.39, 0.29) is 19.8 Å². The Balaban J connectivity index is 2.08. The van der Waals surface area contributed by atoms with Gasteiger partial charge in [-0.25, -0.2) is 18.4 Å². The van der Waals surface area contributed by atoms with E-state index < -0.39 is 47.8 Å². The molecule has 0 aromatic rings. The number of aliphatic carboxylic acids is 1. The highest BCUT2D eigenvalue weighted by Gasteiger charge is 2.61. The lowest BCUT2D eigenvalue weighted by atomic mass is 10.0. The molecule has 3 atom stereocenters. The van der Waals surface area contributed by atoms with Crippen molar-refractivity contribution < 1.29 is 37.7 Å². The first-order valence-electron chi connectivity index (χ1n) is 9.28. The summed E-state index contributed by atoms with van der Waals surface area (Å²) in [5, 5.41) is 9.43. The summed E-state index contributed by atoms with van der Waals surface area (Å²) in [6, 6.07) is -1.83. The summed E-state index contributed by atoms with van der Waals surface area (Å²) in [4.78, 5) is 26.6. The molecule has 8 nitrogen and oxygen atoms in total. The Morgan fingerprint density at radius 3 is 2.43 bits per heavy atom. The molecule has 0 radical (unpaired) electrons. The number of carboxylic acid groups (broad SMARTS) is 1. The first kappa shape index (κ1) is 22.8. The van der Waals surface area contributed by atoms with Crippen LogP contribution in [0.1, 0.15) is 40.5 Å². The normalized spacial score (nSPS) is 26.8. The zero-order valence-electron chi connectivity index (χ0n) is 17.0. The van der Waals surface area contributed by atoms with Gasteiger partial charge in [0.2, 0.25) is 0 Å². The molecule has 0 aromatic heterocycles. The van der Waals surface area contributed by atoms with Crippen molar-refractivity contribution in [3.05, 3.63) is 0 Å². The number of amides is 1. The van der Waals surface area contributed by atoms with Gasteiger partial charge in [-0.2, -0.15) is 0 Å². The smallest absolute Gasteiger partial charge is 0.410 e. The average molecular weight is 408 g/mol. The van der Waals surface area contributed by atoms with Crippen LogP contribution >= 0.6 is 0 Å². The molecule has 0 spiro atoms. The second-order valence-corrected chi connectivity index (χ2v) is 8.54. The number of methoxy groups -OCH3 is 1. The van der Waals surface area contributed by atoms with Gasteiger partial charge in [-0.05, 0) is 40.5 Å². The van der Waals surface area contributed by atoms with E-state index in [1.807, 2.05) is 0 Å². The lowest BCUT2D eigenvalue weighted by Crippen LogP contribution is -2.48. The fraction of sp³-hybridized carbons (Fsp3) is 0.889. The maximum absolute atomic E-state index is 14.7. The molecule has 0 aliphatic carbocycles. The van der Waals surface area contributed by atoms with Crippen LogP contribution in [0.15, 0.2) is 0 Å². The molecule has 0 bridgehead atoms. The molecule has 0 aromatic carbocycles. The van der Waals surface area contributed by atoms with Gasteiger partial charge < -0.3 is 19.3 Å². The fourth-order valence-corrected chi connectivity index (χ4v) is 3.71. The molecule has 10 heteroatoms. The van der Waals surface area contributed by atoms with Gasteiger partial charge in [0, 0.05) is 20.2 Å². The van der Waals surface area contributed by atoms with Gasteiger partial charge in [0.1, 0.15) is 12.4 Å². The van der Waals surface area contributed by atoms with Crippen LogP contribution in [0.5, 0.6) is 0 Å². The van der Waals surface area contributed by atoms with Crippen molar-refractivity contribution in [2.24, 2.45) is 0 Å². The van der Waals surface area contributed by atoms with Crippen LogP contribution < -0.4 is 0 Å². The Bertz CT molecular complexity index is 597. The molecule has 2 aliphatic heterocycles. The van der Waals surface area contributed by atoms with Gasteiger partial charge in [0.15, 0.2) is 5.60 Å². The standard InChI is InChI=1S/C18H30F2N2O6/c1-16(2,3)28-15(25)22-10-18(19,20)13-12(22)6-8-21(13)9-7-17(4,14(23)24)27-11-26-5/h12-13H,6-11H2,1-5H3,(H,23,24)/t12-,13+,17?/m0/s1. The van der Waals surface area contributed by atoms with Crippen LogP contribution in [-0.2, 0) is 19.0 Å². The minimum atomic E-state index is -3.11. The van der Waals surface area contributed by atoms with Gasteiger partial charge in [-0.1, -0.05) is 0 Å². The maximum Gasteiger partial charge on any atom is 0.410 e. The van der Waals surface area contributed by atoms with Crippen LogP contribution in [0, 0.1) is 0 Å². The minimum Gasteiger partial charge on any atom is -0.479 e. The quantitative estimate of drug-likeness (QED) is 0.646. The number of hydrogen-bond acceptors (Lipinski definition) is 6. The summed E-state index contributed by atoms with van der Waals surface area (Å²) < 4.78 is 44.7. The third-order valence-corrected chi connectivity index (χ3v) is 5.14. The number of alkyl halides is 2. The van der Waals surface area contributed by atoms with E-state index >= 15 is 0 Å². The average Bonchev–Trinajstić information content (AvgIpc) is 3.09. The predicted octanol–water partition coefficient (Wildman–Crippen LogP) is 2.17. The van der Waals surface area contributed by atoms with Gasteiger partial charge in [0.25, 0.3) is 5.92 Å². The maximum atomic E-state index is 14.7. The topological polar surface area (TPSA) is 88.5 Å². The van der Waals surface area contributed by atoms with Gasteiger partial charge >= 0.3 is 12.1 Å². The lowest BCUT2D eigenvalue weighted by molar-refractivity contribution is -0.180. The van der Waals surface area contributed by atoms with Crippen LogP contribution in [0.25, 0.3) is 0 Å². The highest BCUT2D eigenvalue weighted by molar-refractivity contribution is 5.76. The van der Waals surface area contributed by atoms with Crippen molar-refractivity contribution in [1.29, 1.82) is 0 Å². The summed E-state index contributed by atoms with van der Waals surface area (Å²) in [5.74, 6) is -4.29. The van der Waals surface area contributed by atoms with Crippen LogP contribution in [0.2, 0.25) is 0 Å². The summed E-state index contributed by atoms with van der Waals surface area (Å²) in [6.45, 7) is 5.97. The molecule has 2 saturated heterocycles. The molecule has 1 unspecified atom stereocenters. The Labute approximate surface area is 163 Å². The summed E-state index contributed by atoms with van der Waals surface area (Å²) >= 11 is 0. The molecule has 2 heterocycles. The minimum absolute atomic E-state index is 0.0113. The second-order valence-electron chi connectivity index (χ2n) is 8.54. The van der Waals surface area contributed by atoms with E-state index in [2.05, 4.69) is 0 Å².